The Morgan fingerprint density at radius 1 is 1.40 bits per heavy atom. The number of aromatic nitrogens is 2. The normalized spacial score (nSPS) is 25.2. The molecule has 0 radical (unpaired) electrons. The van der Waals surface area contributed by atoms with Crippen LogP contribution in [0.1, 0.15) is 24.8 Å². The summed E-state index contributed by atoms with van der Waals surface area (Å²) in [5.41, 5.74) is 3.16. The molecule has 2 N–H and O–H groups in total. The summed E-state index contributed by atoms with van der Waals surface area (Å²) in [6.45, 7) is 0. The number of carbonyl (C=O) groups is 1. The molecule has 1 fully saturated rings. The van der Waals surface area contributed by atoms with E-state index >= 15 is 0 Å². The van der Waals surface area contributed by atoms with Crippen molar-refractivity contribution < 1.29 is 9.53 Å². The highest BCUT2D eigenvalue weighted by molar-refractivity contribution is 6.13. The van der Waals surface area contributed by atoms with Gasteiger partial charge >= 0.3 is 0 Å². The van der Waals surface area contributed by atoms with Gasteiger partial charge in [-0.05, 0) is 43.0 Å². The Labute approximate surface area is 145 Å². The lowest BCUT2D eigenvalue weighted by Crippen LogP contribution is -2.46. The molecule has 7 nitrogen and oxygen atoms in total. The van der Waals surface area contributed by atoms with Crippen LogP contribution in [0.25, 0.3) is 17.1 Å². The number of ether oxygens (including phenoxy) is 1. The molecule has 1 aliphatic carbocycles. The van der Waals surface area contributed by atoms with Gasteiger partial charge in [0.1, 0.15) is 5.70 Å². The van der Waals surface area contributed by atoms with Gasteiger partial charge in [0, 0.05) is 14.2 Å². The highest BCUT2D eigenvalue weighted by atomic mass is 16.5. The number of carbonyl (C=O) groups excluding carboxylic acids is 1. The Morgan fingerprint density at radius 3 is 3.12 bits per heavy atom. The molecule has 2 aliphatic rings. The molecular weight excluding hydrogens is 318 g/mol. The number of guanidine groups is 1. The van der Waals surface area contributed by atoms with Gasteiger partial charge in [0.05, 0.1) is 29.5 Å². The molecule has 1 amide bonds. The minimum Gasteiger partial charge on any atom is -0.379 e. The van der Waals surface area contributed by atoms with Crippen LogP contribution in [0.4, 0.5) is 0 Å². The Balaban J connectivity index is 1.58. The number of fused-ring (bicyclic) bond motifs is 1. The van der Waals surface area contributed by atoms with Crippen LogP contribution in [-0.2, 0) is 9.53 Å². The molecule has 1 aliphatic heterocycles. The third kappa shape index (κ3) is 2.91. The number of nitrogens with one attached hydrogen (secondary N) is 2. The van der Waals surface area contributed by atoms with Crippen LogP contribution < -0.4 is 5.32 Å². The van der Waals surface area contributed by atoms with Crippen molar-refractivity contribution >= 4 is 29.0 Å². The summed E-state index contributed by atoms with van der Waals surface area (Å²) >= 11 is 0. The zero-order chi connectivity index (χ0) is 17.4. The number of likely N-dealkylation sites (N-methyl/N-ethyl adjacent to an activating group) is 1. The second-order valence-electron chi connectivity index (χ2n) is 6.46. The van der Waals surface area contributed by atoms with Gasteiger partial charge in [0.15, 0.2) is 0 Å². The minimum atomic E-state index is -0.114. The van der Waals surface area contributed by atoms with Gasteiger partial charge in [0.2, 0.25) is 5.96 Å². The first-order valence-electron chi connectivity index (χ1n) is 8.46. The predicted molar refractivity (Wildman–Crippen MR) is 95.8 cm³/mol. The van der Waals surface area contributed by atoms with Crippen molar-refractivity contribution in [1.29, 1.82) is 0 Å². The number of amides is 1. The van der Waals surface area contributed by atoms with Crippen LogP contribution in [0.2, 0.25) is 0 Å². The molecule has 1 saturated carbocycles. The van der Waals surface area contributed by atoms with Crippen LogP contribution in [-0.4, -0.2) is 53.0 Å². The number of H-pyrrole nitrogens is 1. The SMILES string of the molecule is CO[C@@H]1CCC[C@H]1NC1=N/C(=C\c2ccc3[nH]cnc3c2)C(=O)N1C. The Morgan fingerprint density at radius 2 is 2.28 bits per heavy atom. The lowest BCUT2D eigenvalue weighted by molar-refractivity contribution is -0.121. The maximum absolute atomic E-state index is 12.5. The molecule has 0 unspecified atom stereocenters. The average Bonchev–Trinajstić information content (AvgIpc) is 3.32. The molecule has 1 aromatic heterocycles. The van der Waals surface area contributed by atoms with Gasteiger partial charge in [-0.25, -0.2) is 9.98 Å². The van der Waals surface area contributed by atoms with Gasteiger partial charge in [-0.15, -0.1) is 0 Å². The molecule has 0 spiro atoms. The van der Waals surface area contributed by atoms with Crippen LogP contribution >= 0.6 is 0 Å². The molecule has 7 heteroatoms. The number of aromatic amines is 1. The summed E-state index contributed by atoms with van der Waals surface area (Å²) in [6.07, 6.45) is 6.79. The fraction of sp³-hybridized carbons (Fsp3) is 0.389. The number of methoxy groups -OCH3 is 1. The molecule has 2 atom stereocenters. The lowest BCUT2D eigenvalue weighted by Gasteiger charge is -2.22. The van der Waals surface area contributed by atoms with Crippen LogP contribution in [0.15, 0.2) is 35.2 Å². The van der Waals surface area contributed by atoms with Crippen molar-refractivity contribution in [2.45, 2.75) is 31.4 Å². The maximum Gasteiger partial charge on any atom is 0.279 e. The number of benzene rings is 1. The average molecular weight is 339 g/mol. The van der Waals surface area contributed by atoms with Gasteiger partial charge in [-0.2, -0.15) is 0 Å². The van der Waals surface area contributed by atoms with Crippen molar-refractivity contribution in [2.75, 3.05) is 14.2 Å². The van der Waals surface area contributed by atoms with E-state index in [-0.39, 0.29) is 18.1 Å². The van der Waals surface area contributed by atoms with Crippen molar-refractivity contribution in [2.24, 2.45) is 4.99 Å². The van der Waals surface area contributed by atoms with Crippen LogP contribution in [0, 0.1) is 0 Å². The fourth-order valence-electron chi connectivity index (χ4n) is 3.46. The fourth-order valence-corrected chi connectivity index (χ4v) is 3.46. The number of rotatable bonds is 3. The zero-order valence-electron chi connectivity index (χ0n) is 14.3. The van der Waals surface area contributed by atoms with E-state index in [1.807, 2.05) is 18.2 Å². The van der Waals surface area contributed by atoms with Gasteiger partial charge < -0.3 is 15.0 Å². The summed E-state index contributed by atoms with van der Waals surface area (Å²) in [5, 5.41) is 3.37. The molecule has 0 saturated heterocycles. The molecule has 4 rings (SSSR count). The number of imidazole rings is 1. The predicted octanol–water partition coefficient (Wildman–Crippen LogP) is 1.89. The largest absolute Gasteiger partial charge is 0.379 e. The molecule has 2 heterocycles. The van der Waals surface area contributed by atoms with Crippen LogP contribution in [0.3, 0.4) is 0 Å². The molecule has 1 aromatic carbocycles. The van der Waals surface area contributed by atoms with Crippen molar-refractivity contribution in [3.05, 3.63) is 35.8 Å². The van der Waals surface area contributed by atoms with E-state index in [0.29, 0.717) is 11.7 Å². The first-order valence-corrected chi connectivity index (χ1v) is 8.46. The van der Waals surface area contributed by atoms with Gasteiger partial charge in [-0.1, -0.05) is 6.07 Å². The lowest BCUT2D eigenvalue weighted by atomic mass is 10.1. The summed E-state index contributed by atoms with van der Waals surface area (Å²) in [6, 6.07) is 6.02. The zero-order valence-corrected chi connectivity index (χ0v) is 14.3. The van der Waals surface area contributed by atoms with E-state index in [0.717, 1.165) is 35.9 Å². The Hall–Kier alpha value is -2.67. The van der Waals surface area contributed by atoms with E-state index in [1.165, 1.54) is 0 Å². The van der Waals surface area contributed by atoms with Gasteiger partial charge in [-0.3, -0.25) is 9.69 Å². The number of aliphatic imine (C=N–C) groups is 1. The van der Waals surface area contributed by atoms with E-state index in [4.69, 9.17) is 4.74 Å². The van der Waals surface area contributed by atoms with Crippen molar-refractivity contribution in [3.8, 4) is 0 Å². The second kappa shape index (κ2) is 6.33. The highest BCUT2D eigenvalue weighted by Gasteiger charge is 2.33. The number of hydrogen-bond acceptors (Lipinski definition) is 5. The molecule has 0 bridgehead atoms. The van der Waals surface area contributed by atoms with E-state index in [1.54, 1.807) is 31.5 Å². The number of hydrogen-bond donors (Lipinski definition) is 2. The maximum atomic E-state index is 12.5. The second-order valence-corrected chi connectivity index (χ2v) is 6.46. The van der Waals surface area contributed by atoms with Crippen molar-refractivity contribution in [1.82, 2.24) is 20.2 Å². The Bertz CT molecular complexity index is 869. The van der Waals surface area contributed by atoms with E-state index in [2.05, 4.69) is 20.3 Å². The van der Waals surface area contributed by atoms with E-state index in [9.17, 15) is 4.79 Å². The molecule has 130 valence electrons. The minimum absolute atomic E-state index is 0.114. The van der Waals surface area contributed by atoms with Gasteiger partial charge in [0.25, 0.3) is 5.91 Å². The molecule has 2 aromatic rings. The molecule has 25 heavy (non-hydrogen) atoms. The first kappa shape index (κ1) is 15.8. The third-order valence-electron chi connectivity index (χ3n) is 4.89. The highest BCUT2D eigenvalue weighted by Crippen LogP contribution is 2.24. The quantitative estimate of drug-likeness (QED) is 0.837. The standard InChI is InChI=1S/C18H21N5O2/c1-23-17(24)15(9-11-6-7-12-14(8-11)20-10-19-12)22-18(23)21-13-4-3-5-16(13)25-2/h6-10,13,16H,3-5H2,1-2H3,(H,19,20)(H,21,22)/b15-9-/t13-,16-/m1/s1. The number of nitrogens with zero attached hydrogens (tertiary/aromatic N) is 3. The first-order chi connectivity index (χ1) is 12.2. The van der Waals surface area contributed by atoms with E-state index < -0.39 is 0 Å². The van der Waals surface area contributed by atoms with Crippen LogP contribution in [0.5, 0.6) is 0 Å². The summed E-state index contributed by atoms with van der Waals surface area (Å²) in [7, 11) is 3.47. The van der Waals surface area contributed by atoms with Crippen molar-refractivity contribution in [3.63, 3.8) is 0 Å². The summed E-state index contributed by atoms with van der Waals surface area (Å²) in [5.74, 6) is 0.475. The monoisotopic (exact) mass is 339 g/mol. The summed E-state index contributed by atoms with van der Waals surface area (Å²) < 4.78 is 5.51. The summed E-state index contributed by atoms with van der Waals surface area (Å²) in [4.78, 5) is 25.9. The molecular formula is C18H21N5O2. The topological polar surface area (TPSA) is 82.6 Å². The smallest absolute Gasteiger partial charge is 0.279 e. The Kier molecular flexibility index (Phi) is 4.01. The third-order valence-corrected chi connectivity index (χ3v) is 4.89.